The van der Waals surface area contributed by atoms with Crippen LogP contribution in [0, 0.1) is 12.8 Å². The standard InChI is InChI=1S/C27H36ClN3O5S/c1-7-12-36-22-13-17(2)21(28)15-20(22)24(30-37(34)27(3,4)5)18-8-10-31(11-9-18)26(33)19-14-23(35-6)25(32)29-16-19/h7,13-16,18,24,30H,1,8-12H2,2-6H3,(H,29,32)/t24?,37-/m0/s1. The van der Waals surface area contributed by atoms with Crippen molar-refractivity contribution in [1.29, 1.82) is 0 Å². The number of benzene rings is 1. The second-order valence-corrected chi connectivity index (χ2v) is 12.5. The maximum Gasteiger partial charge on any atom is 0.290 e. The first-order chi connectivity index (χ1) is 17.5. The molecule has 37 heavy (non-hydrogen) atoms. The Morgan fingerprint density at radius 1 is 1.32 bits per heavy atom. The Morgan fingerprint density at radius 3 is 2.59 bits per heavy atom. The summed E-state index contributed by atoms with van der Waals surface area (Å²) in [4.78, 5) is 29.2. The van der Waals surface area contributed by atoms with Gasteiger partial charge in [-0.1, -0.05) is 24.3 Å². The largest absolute Gasteiger partial charge is 0.598 e. The molecule has 1 unspecified atom stereocenters. The summed E-state index contributed by atoms with van der Waals surface area (Å²) < 4.78 is 27.1. The Morgan fingerprint density at radius 2 is 2.00 bits per heavy atom. The summed E-state index contributed by atoms with van der Waals surface area (Å²) in [7, 11) is 1.39. The van der Waals surface area contributed by atoms with E-state index in [0.29, 0.717) is 48.9 Å². The second kappa shape index (κ2) is 12.4. The molecule has 1 aliphatic rings. The Bertz CT molecular complexity index is 1170. The van der Waals surface area contributed by atoms with Crippen LogP contribution in [0.4, 0.5) is 0 Å². The number of hydrogen-bond donors (Lipinski definition) is 2. The van der Waals surface area contributed by atoms with Crippen molar-refractivity contribution >= 4 is 28.9 Å². The van der Waals surface area contributed by atoms with Gasteiger partial charge in [0.2, 0.25) is 0 Å². The van der Waals surface area contributed by atoms with Gasteiger partial charge in [0.05, 0.1) is 18.7 Å². The van der Waals surface area contributed by atoms with E-state index in [9.17, 15) is 14.1 Å². The highest BCUT2D eigenvalue weighted by Crippen LogP contribution is 2.39. The predicted octanol–water partition coefficient (Wildman–Crippen LogP) is 4.56. The maximum atomic E-state index is 13.2. The average molecular weight is 550 g/mol. The Hall–Kier alpha value is -2.46. The fraction of sp³-hybridized carbons (Fsp3) is 0.481. The van der Waals surface area contributed by atoms with Crippen LogP contribution >= 0.6 is 11.6 Å². The number of carbonyl (C=O) groups is 1. The van der Waals surface area contributed by atoms with E-state index < -0.39 is 16.1 Å². The molecule has 2 heterocycles. The average Bonchev–Trinajstić information content (AvgIpc) is 2.87. The summed E-state index contributed by atoms with van der Waals surface area (Å²) in [6.45, 7) is 12.8. The van der Waals surface area contributed by atoms with E-state index in [1.807, 2.05) is 39.8 Å². The quantitative estimate of drug-likeness (QED) is 0.351. The van der Waals surface area contributed by atoms with E-state index in [1.165, 1.54) is 19.4 Å². The number of pyridine rings is 1. The number of hydrogen-bond acceptors (Lipinski definition) is 6. The minimum absolute atomic E-state index is 0.0744. The summed E-state index contributed by atoms with van der Waals surface area (Å²) in [6.07, 6.45) is 4.45. The third-order valence-electron chi connectivity index (χ3n) is 6.41. The number of amides is 1. The normalized spacial score (nSPS) is 16.2. The lowest BCUT2D eigenvalue weighted by atomic mass is 9.85. The third-order valence-corrected chi connectivity index (χ3v) is 8.39. The van der Waals surface area contributed by atoms with Gasteiger partial charge in [-0.15, -0.1) is 4.72 Å². The number of H-pyrrole nitrogens is 1. The molecule has 10 heteroatoms. The zero-order valence-electron chi connectivity index (χ0n) is 22.1. The van der Waals surface area contributed by atoms with Gasteiger partial charge in [0, 0.05) is 47.3 Å². The van der Waals surface area contributed by atoms with Crippen LogP contribution in [0.15, 0.2) is 41.8 Å². The van der Waals surface area contributed by atoms with Crippen molar-refractivity contribution < 1.29 is 18.8 Å². The van der Waals surface area contributed by atoms with Crippen LogP contribution in [0.1, 0.15) is 61.1 Å². The zero-order valence-corrected chi connectivity index (χ0v) is 23.6. The summed E-state index contributed by atoms with van der Waals surface area (Å²) in [5, 5.41) is 0.605. The number of nitrogens with one attached hydrogen (secondary N) is 2. The van der Waals surface area contributed by atoms with E-state index in [-0.39, 0.29) is 29.2 Å². The molecule has 2 atom stereocenters. The van der Waals surface area contributed by atoms with E-state index in [1.54, 1.807) is 11.0 Å². The summed E-state index contributed by atoms with van der Waals surface area (Å²) in [5.41, 5.74) is 1.70. The van der Waals surface area contributed by atoms with Crippen molar-refractivity contribution in [2.24, 2.45) is 5.92 Å². The molecule has 8 nitrogen and oxygen atoms in total. The van der Waals surface area contributed by atoms with Gasteiger partial charge in [-0.25, -0.2) is 0 Å². The lowest BCUT2D eigenvalue weighted by molar-refractivity contribution is 0.0673. The Labute approximate surface area is 226 Å². The topological polar surface area (TPSA) is 107 Å². The molecule has 202 valence electrons. The number of ether oxygens (including phenoxy) is 2. The molecule has 1 saturated heterocycles. The first-order valence-corrected chi connectivity index (χ1v) is 13.8. The fourth-order valence-corrected chi connectivity index (χ4v) is 5.33. The van der Waals surface area contributed by atoms with Gasteiger partial charge in [-0.05, 0) is 64.2 Å². The Kier molecular flexibility index (Phi) is 9.74. The second-order valence-electron chi connectivity index (χ2n) is 10.1. The molecular weight excluding hydrogens is 514 g/mol. The molecular formula is C27H36ClN3O5S. The molecule has 1 aromatic heterocycles. The number of rotatable bonds is 9. The van der Waals surface area contributed by atoms with Crippen LogP contribution < -0.4 is 19.8 Å². The monoisotopic (exact) mass is 549 g/mol. The highest BCUT2D eigenvalue weighted by atomic mass is 35.5. The molecule has 2 aromatic rings. The number of aromatic nitrogens is 1. The number of carbonyl (C=O) groups excluding carboxylic acids is 1. The van der Waals surface area contributed by atoms with Crippen molar-refractivity contribution in [3.63, 3.8) is 0 Å². The van der Waals surface area contributed by atoms with Crippen LogP contribution in [0.2, 0.25) is 5.02 Å². The van der Waals surface area contributed by atoms with Crippen molar-refractivity contribution in [1.82, 2.24) is 14.6 Å². The summed E-state index contributed by atoms with van der Waals surface area (Å²) >= 11 is 5.18. The van der Waals surface area contributed by atoms with Crippen LogP contribution in [-0.4, -0.2) is 51.9 Å². The first-order valence-electron chi connectivity index (χ1n) is 12.2. The lowest BCUT2D eigenvalue weighted by Crippen LogP contribution is -2.46. The van der Waals surface area contributed by atoms with Crippen molar-refractivity contribution in [2.75, 3.05) is 26.8 Å². The molecule has 1 fully saturated rings. The van der Waals surface area contributed by atoms with Crippen molar-refractivity contribution in [2.45, 2.75) is 51.3 Å². The van der Waals surface area contributed by atoms with E-state index in [0.717, 1.165) is 11.1 Å². The van der Waals surface area contributed by atoms with Gasteiger partial charge >= 0.3 is 0 Å². The fourth-order valence-electron chi connectivity index (χ4n) is 4.25. The first kappa shape index (κ1) is 29.1. The lowest BCUT2D eigenvalue weighted by Gasteiger charge is -2.38. The summed E-state index contributed by atoms with van der Waals surface area (Å²) in [6, 6.07) is 4.94. The maximum absolute atomic E-state index is 13.2. The minimum atomic E-state index is -1.35. The predicted molar refractivity (Wildman–Crippen MR) is 148 cm³/mol. The molecule has 0 saturated carbocycles. The van der Waals surface area contributed by atoms with E-state index in [4.69, 9.17) is 21.1 Å². The number of piperidine rings is 1. The molecule has 1 amide bonds. The SMILES string of the molecule is C=CCOc1cc(C)c(Cl)cc1C(N[S@@+]([O-])C(C)(C)C)C1CCN(C(=O)c2c[nH]c(=O)c(OC)c2)CC1. The van der Waals surface area contributed by atoms with Gasteiger partial charge in [-0.2, -0.15) is 0 Å². The molecule has 2 N–H and O–H groups in total. The molecule has 0 radical (unpaired) electrons. The minimum Gasteiger partial charge on any atom is -0.598 e. The van der Waals surface area contributed by atoms with Gasteiger partial charge in [0.1, 0.15) is 17.1 Å². The molecule has 0 spiro atoms. The van der Waals surface area contributed by atoms with Gasteiger partial charge in [0.25, 0.3) is 11.5 Å². The van der Waals surface area contributed by atoms with Crippen LogP contribution in [-0.2, 0) is 11.4 Å². The molecule has 0 aliphatic carbocycles. The number of nitrogens with zero attached hydrogens (tertiary/aromatic N) is 1. The van der Waals surface area contributed by atoms with Crippen LogP contribution in [0.3, 0.4) is 0 Å². The van der Waals surface area contributed by atoms with Gasteiger partial charge in [-0.3, -0.25) is 9.59 Å². The van der Waals surface area contributed by atoms with Crippen molar-refractivity contribution in [3.05, 3.63) is 69.1 Å². The molecule has 3 rings (SSSR count). The summed E-state index contributed by atoms with van der Waals surface area (Å²) in [5.74, 6) is 0.663. The van der Waals surface area contributed by atoms with E-state index in [2.05, 4.69) is 16.3 Å². The molecule has 1 aliphatic heterocycles. The number of methoxy groups -OCH3 is 1. The number of aromatic amines is 1. The zero-order chi connectivity index (χ0) is 27.3. The number of halogens is 1. The highest BCUT2D eigenvalue weighted by molar-refractivity contribution is 7.90. The van der Waals surface area contributed by atoms with Gasteiger partial charge < -0.3 is 23.9 Å². The van der Waals surface area contributed by atoms with E-state index >= 15 is 0 Å². The van der Waals surface area contributed by atoms with Crippen LogP contribution in [0.5, 0.6) is 11.5 Å². The highest BCUT2D eigenvalue weighted by Gasteiger charge is 2.37. The van der Waals surface area contributed by atoms with Gasteiger partial charge in [0.15, 0.2) is 5.75 Å². The third kappa shape index (κ3) is 7.10. The number of likely N-dealkylation sites (tertiary alicyclic amines) is 1. The van der Waals surface area contributed by atoms with Crippen molar-refractivity contribution in [3.8, 4) is 11.5 Å². The molecule has 1 aromatic carbocycles. The smallest absolute Gasteiger partial charge is 0.290 e. The van der Waals surface area contributed by atoms with Crippen LogP contribution in [0.25, 0.3) is 0 Å². The Balaban J connectivity index is 1.87. The number of aryl methyl sites for hydroxylation is 1. The molecule has 0 bridgehead atoms.